The van der Waals surface area contributed by atoms with Crippen LogP contribution in [0.5, 0.6) is 5.75 Å². The predicted octanol–water partition coefficient (Wildman–Crippen LogP) is 4.07. The SMILES string of the molecule is CCc1ccc(N2C(=O)/C(=C/c3cc(Br)c(OCC(=O)O)c(Br)c3)C(=O)NC2=S)cc1. The summed E-state index contributed by atoms with van der Waals surface area (Å²) in [5.74, 6) is -1.97. The summed E-state index contributed by atoms with van der Waals surface area (Å²) in [6.45, 7) is 1.52. The second kappa shape index (κ2) is 9.71. The molecule has 0 spiro atoms. The first kappa shape index (κ1) is 23.1. The van der Waals surface area contributed by atoms with E-state index in [0.29, 0.717) is 25.9 Å². The van der Waals surface area contributed by atoms with E-state index in [4.69, 9.17) is 22.1 Å². The Hall–Kier alpha value is -2.56. The monoisotopic (exact) mass is 566 g/mol. The van der Waals surface area contributed by atoms with Gasteiger partial charge in [-0.1, -0.05) is 19.1 Å². The number of anilines is 1. The lowest BCUT2D eigenvalue weighted by atomic mass is 10.1. The number of hydrogen-bond donors (Lipinski definition) is 2. The lowest BCUT2D eigenvalue weighted by molar-refractivity contribution is -0.139. The number of carbonyl (C=O) groups excluding carboxylic acids is 2. The van der Waals surface area contributed by atoms with E-state index in [2.05, 4.69) is 37.2 Å². The summed E-state index contributed by atoms with van der Waals surface area (Å²) in [6.07, 6.45) is 2.29. The molecule has 1 heterocycles. The number of nitrogens with one attached hydrogen (secondary N) is 1. The fourth-order valence-electron chi connectivity index (χ4n) is 2.87. The van der Waals surface area contributed by atoms with Crippen LogP contribution in [0.1, 0.15) is 18.1 Å². The van der Waals surface area contributed by atoms with Gasteiger partial charge in [0, 0.05) is 0 Å². The van der Waals surface area contributed by atoms with Crippen LogP contribution in [-0.2, 0) is 20.8 Å². The number of aliphatic carboxylic acids is 1. The van der Waals surface area contributed by atoms with Gasteiger partial charge in [0.1, 0.15) is 11.3 Å². The van der Waals surface area contributed by atoms with Gasteiger partial charge in [0.25, 0.3) is 11.8 Å². The zero-order valence-electron chi connectivity index (χ0n) is 16.1. The predicted molar refractivity (Wildman–Crippen MR) is 127 cm³/mol. The molecule has 0 atom stereocenters. The van der Waals surface area contributed by atoms with Crippen molar-refractivity contribution in [1.82, 2.24) is 5.32 Å². The number of carbonyl (C=O) groups is 3. The van der Waals surface area contributed by atoms with E-state index in [1.54, 1.807) is 24.3 Å². The zero-order chi connectivity index (χ0) is 22.7. The number of benzene rings is 2. The Morgan fingerprint density at radius 3 is 2.35 bits per heavy atom. The Balaban J connectivity index is 1.95. The maximum absolute atomic E-state index is 13.1. The average Bonchev–Trinajstić information content (AvgIpc) is 2.70. The minimum Gasteiger partial charge on any atom is -0.480 e. The summed E-state index contributed by atoms with van der Waals surface area (Å²) in [6, 6.07) is 10.6. The first-order valence-corrected chi connectivity index (χ1v) is 11.0. The Labute approximate surface area is 200 Å². The van der Waals surface area contributed by atoms with E-state index in [1.165, 1.54) is 11.0 Å². The summed E-state index contributed by atoms with van der Waals surface area (Å²) in [5, 5.41) is 11.3. The molecular weight excluding hydrogens is 552 g/mol. The van der Waals surface area contributed by atoms with Crippen molar-refractivity contribution in [3.63, 3.8) is 0 Å². The summed E-state index contributed by atoms with van der Waals surface area (Å²) in [7, 11) is 0. The molecule has 0 saturated carbocycles. The van der Waals surface area contributed by atoms with E-state index < -0.39 is 24.4 Å². The molecule has 1 aliphatic rings. The van der Waals surface area contributed by atoms with Crippen molar-refractivity contribution in [3.8, 4) is 5.75 Å². The van der Waals surface area contributed by atoms with Crippen molar-refractivity contribution in [3.05, 3.63) is 62.0 Å². The van der Waals surface area contributed by atoms with Crippen molar-refractivity contribution in [2.24, 2.45) is 0 Å². The van der Waals surface area contributed by atoms with Crippen LogP contribution in [0, 0.1) is 0 Å². The Morgan fingerprint density at radius 2 is 1.81 bits per heavy atom. The number of carboxylic acids is 1. The van der Waals surface area contributed by atoms with Crippen LogP contribution in [0.2, 0.25) is 0 Å². The van der Waals surface area contributed by atoms with Gasteiger partial charge in [-0.25, -0.2) is 4.79 Å². The molecule has 0 aromatic heterocycles. The molecule has 2 aromatic carbocycles. The smallest absolute Gasteiger partial charge is 0.341 e. The molecule has 31 heavy (non-hydrogen) atoms. The van der Waals surface area contributed by atoms with Gasteiger partial charge in [-0.15, -0.1) is 0 Å². The molecule has 1 aliphatic heterocycles. The van der Waals surface area contributed by atoms with Crippen molar-refractivity contribution >= 4 is 78.7 Å². The van der Waals surface area contributed by atoms with Gasteiger partial charge in [-0.3, -0.25) is 19.8 Å². The van der Waals surface area contributed by atoms with Crippen LogP contribution in [0.25, 0.3) is 6.08 Å². The molecule has 0 radical (unpaired) electrons. The van der Waals surface area contributed by atoms with Crippen LogP contribution < -0.4 is 15.0 Å². The van der Waals surface area contributed by atoms with Gasteiger partial charge < -0.3 is 9.84 Å². The number of hydrogen-bond acceptors (Lipinski definition) is 5. The number of nitrogens with zero attached hydrogens (tertiary/aromatic N) is 1. The second-order valence-electron chi connectivity index (χ2n) is 6.47. The molecule has 7 nitrogen and oxygen atoms in total. The highest BCUT2D eigenvalue weighted by molar-refractivity contribution is 9.11. The van der Waals surface area contributed by atoms with E-state index in [0.717, 1.165) is 12.0 Å². The van der Waals surface area contributed by atoms with E-state index in [9.17, 15) is 14.4 Å². The fraction of sp³-hybridized carbons (Fsp3) is 0.143. The first-order valence-electron chi connectivity index (χ1n) is 9.05. The topological polar surface area (TPSA) is 95.9 Å². The summed E-state index contributed by atoms with van der Waals surface area (Å²) in [4.78, 5) is 37.6. The number of rotatable bonds is 6. The first-order chi connectivity index (χ1) is 14.7. The maximum Gasteiger partial charge on any atom is 0.341 e. The fourth-order valence-corrected chi connectivity index (χ4v) is 4.61. The number of ether oxygens (including phenoxy) is 1. The maximum atomic E-state index is 13.1. The van der Waals surface area contributed by atoms with Gasteiger partial charge in [0.15, 0.2) is 11.7 Å². The molecule has 0 aliphatic carbocycles. The largest absolute Gasteiger partial charge is 0.480 e. The lowest BCUT2D eigenvalue weighted by Crippen LogP contribution is -2.54. The summed E-state index contributed by atoms with van der Waals surface area (Å²) in [5.41, 5.74) is 2.09. The van der Waals surface area contributed by atoms with Crippen LogP contribution in [-0.4, -0.2) is 34.6 Å². The highest BCUT2D eigenvalue weighted by Gasteiger charge is 2.34. The van der Waals surface area contributed by atoms with Gasteiger partial charge in [0.2, 0.25) is 0 Å². The normalized spacial score (nSPS) is 15.3. The highest BCUT2D eigenvalue weighted by Crippen LogP contribution is 2.35. The Morgan fingerprint density at radius 1 is 1.19 bits per heavy atom. The molecule has 1 saturated heterocycles. The zero-order valence-corrected chi connectivity index (χ0v) is 20.1. The quantitative estimate of drug-likeness (QED) is 0.310. The third-order valence-electron chi connectivity index (χ3n) is 4.38. The third-order valence-corrected chi connectivity index (χ3v) is 5.84. The minimum atomic E-state index is -1.11. The number of aryl methyl sites for hydroxylation is 1. The Kier molecular flexibility index (Phi) is 7.24. The molecule has 10 heteroatoms. The van der Waals surface area contributed by atoms with Gasteiger partial charge in [-0.05, 0) is 92.0 Å². The molecular formula is C21H16Br2N2O5S. The average molecular weight is 568 g/mol. The van der Waals surface area contributed by atoms with Gasteiger partial charge in [-0.2, -0.15) is 0 Å². The van der Waals surface area contributed by atoms with Gasteiger partial charge in [0.05, 0.1) is 14.6 Å². The van der Waals surface area contributed by atoms with Crippen molar-refractivity contribution in [2.45, 2.75) is 13.3 Å². The van der Waals surface area contributed by atoms with Crippen LogP contribution in [0.3, 0.4) is 0 Å². The van der Waals surface area contributed by atoms with Crippen LogP contribution >= 0.6 is 44.1 Å². The number of carboxylic acid groups (broad SMARTS) is 1. The van der Waals surface area contributed by atoms with Crippen LogP contribution in [0.15, 0.2) is 50.9 Å². The van der Waals surface area contributed by atoms with Crippen molar-refractivity contribution in [1.29, 1.82) is 0 Å². The van der Waals surface area contributed by atoms with E-state index in [1.807, 2.05) is 19.1 Å². The summed E-state index contributed by atoms with van der Waals surface area (Å²) < 4.78 is 6.16. The summed E-state index contributed by atoms with van der Waals surface area (Å²) >= 11 is 11.9. The lowest BCUT2D eigenvalue weighted by Gasteiger charge is -2.29. The molecule has 0 bridgehead atoms. The minimum absolute atomic E-state index is 0.0104. The highest BCUT2D eigenvalue weighted by atomic mass is 79.9. The van der Waals surface area contributed by atoms with E-state index >= 15 is 0 Å². The standard InChI is InChI=1S/C21H16Br2N2O5S/c1-2-11-3-5-13(6-4-11)25-20(29)14(19(28)24-21(25)31)7-12-8-15(22)18(16(23)9-12)30-10-17(26)27/h3-9H,2,10H2,1H3,(H,26,27)(H,24,28,31)/b14-7+. The Bertz CT molecular complexity index is 1090. The molecule has 0 unspecified atom stereocenters. The molecule has 2 N–H and O–H groups in total. The van der Waals surface area contributed by atoms with E-state index in [-0.39, 0.29) is 10.7 Å². The van der Waals surface area contributed by atoms with Crippen molar-refractivity contribution in [2.75, 3.05) is 11.5 Å². The number of halogens is 2. The number of amides is 2. The van der Waals surface area contributed by atoms with Crippen LogP contribution in [0.4, 0.5) is 5.69 Å². The molecule has 1 fully saturated rings. The molecule has 2 amide bonds. The molecule has 2 aromatic rings. The van der Waals surface area contributed by atoms with Gasteiger partial charge >= 0.3 is 5.97 Å². The molecule has 160 valence electrons. The number of thiocarbonyl (C=S) groups is 1. The molecule has 3 rings (SSSR count). The third kappa shape index (κ3) is 5.20. The van der Waals surface area contributed by atoms with Crippen molar-refractivity contribution < 1.29 is 24.2 Å². The second-order valence-corrected chi connectivity index (χ2v) is 8.57.